The molecule has 0 spiro atoms. The minimum Gasteiger partial charge on any atom is -0.283 e. The molecule has 0 radical (unpaired) electrons. The number of hydrogen-bond acceptors (Lipinski definition) is 4. The maximum atomic E-state index is 12.9. The minimum atomic E-state index is -0.102. The van der Waals surface area contributed by atoms with Crippen molar-refractivity contribution in [2.75, 3.05) is 7.05 Å². The van der Waals surface area contributed by atoms with Crippen LogP contribution in [0, 0.1) is 4.77 Å². The number of rotatable bonds is 6. The summed E-state index contributed by atoms with van der Waals surface area (Å²) in [5, 5.41) is 5.98. The molecule has 0 fully saturated rings. The molecule has 0 unspecified atom stereocenters. The summed E-state index contributed by atoms with van der Waals surface area (Å²) in [7, 11) is 2.00. The van der Waals surface area contributed by atoms with E-state index in [1.54, 1.807) is 15.3 Å². The van der Waals surface area contributed by atoms with Crippen molar-refractivity contribution in [2.24, 2.45) is 0 Å². The Bertz CT molecular complexity index is 1320. The van der Waals surface area contributed by atoms with Gasteiger partial charge in [-0.25, -0.2) is 4.68 Å². The van der Waals surface area contributed by atoms with Gasteiger partial charge >= 0.3 is 0 Å². The number of nitrogens with zero attached hydrogens (tertiary/aromatic N) is 5. The van der Waals surface area contributed by atoms with E-state index in [0.29, 0.717) is 40.7 Å². The van der Waals surface area contributed by atoms with Crippen LogP contribution in [-0.4, -0.2) is 30.7 Å². The second-order valence-electron chi connectivity index (χ2n) is 6.92. The Labute approximate surface area is 177 Å². The summed E-state index contributed by atoms with van der Waals surface area (Å²) in [6.45, 7) is 5.33. The molecule has 148 valence electrons. The van der Waals surface area contributed by atoms with E-state index in [-0.39, 0.29) is 5.56 Å². The van der Waals surface area contributed by atoms with Crippen LogP contribution in [0.1, 0.15) is 5.56 Å². The highest BCUT2D eigenvalue weighted by molar-refractivity contribution is 7.71. The smallest absolute Gasteiger partial charge is 0.263 e. The fourth-order valence-electron chi connectivity index (χ4n) is 3.43. The van der Waals surface area contributed by atoms with Gasteiger partial charge in [-0.1, -0.05) is 41.9 Å². The van der Waals surface area contributed by atoms with Crippen molar-refractivity contribution in [3.63, 3.8) is 0 Å². The monoisotopic (exact) mass is 425 g/mol. The number of fused-ring (bicyclic) bond motifs is 3. The van der Waals surface area contributed by atoms with Crippen LogP contribution in [0.25, 0.3) is 16.7 Å². The van der Waals surface area contributed by atoms with Crippen LogP contribution in [0.2, 0.25) is 5.02 Å². The molecule has 0 aliphatic carbocycles. The highest BCUT2D eigenvalue weighted by Gasteiger charge is 2.15. The molecule has 4 rings (SSSR count). The van der Waals surface area contributed by atoms with Crippen molar-refractivity contribution in [1.82, 2.24) is 23.6 Å². The lowest BCUT2D eigenvalue weighted by atomic mass is 10.2. The summed E-state index contributed by atoms with van der Waals surface area (Å²) in [5.41, 5.74) is 1.79. The molecule has 0 N–H and O–H groups in total. The number of hydrogen-bond donors (Lipinski definition) is 0. The van der Waals surface area contributed by atoms with E-state index >= 15 is 0 Å². The van der Waals surface area contributed by atoms with Crippen molar-refractivity contribution < 1.29 is 0 Å². The van der Waals surface area contributed by atoms with Gasteiger partial charge in [-0.3, -0.25) is 18.7 Å². The Morgan fingerprint density at radius 1 is 1.21 bits per heavy atom. The number of allylic oxidation sites excluding steroid dienone is 1. The third-order valence-corrected chi connectivity index (χ3v) is 5.38. The fraction of sp³-hybridized carbons (Fsp3) is 0.190. The molecule has 6 nitrogen and oxygen atoms in total. The highest BCUT2D eigenvalue weighted by Crippen LogP contribution is 2.15. The third-order valence-electron chi connectivity index (χ3n) is 4.74. The van der Waals surface area contributed by atoms with Gasteiger partial charge in [-0.05, 0) is 49.1 Å². The number of benzene rings is 2. The zero-order valence-electron chi connectivity index (χ0n) is 16.0. The molecule has 0 amide bonds. The van der Waals surface area contributed by atoms with Crippen LogP contribution < -0.4 is 5.56 Å². The van der Waals surface area contributed by atoms with Gasteiger partial charge < -0.3 is 0 Å². The highest BCUT2D eigenvalue weighted by atomic mass is 35.5. The Morgan fingerprint density at radius 3 is 2.66 bits per heavy atom. The zero-order valence-corrected chi connectivity index (χ0v) is 17.5. The first-order valence-corrected chi connectivity index (χ1v) is 9.93. The van der Waals surface area contributed by atoms with Crippen molar-refractivity contribution in [3.8, 4) is 0 Å². The van der Waals surface area contributed by atoms with Gasteiger partial charge in [0.25, 0.3) is 5.56 Å². The Kier molecular flexibility index (Phi) is 5.36. The molecule has 0 saturated carbocycles. The van der Waals surface area contributed by atoms with Crippen LogP contribution >= 0.6 is 23.8 Å². The lowest BCUT2D eigenvalue weighted by molar-refractivity contribution is 0.244. The molecule has 0 bridgehead atoms. The van der Waals surface area contributed by atoms with Crippen molar-refractivity contribution in [2.45, 2.75) is 19.8 Å². The zero-order chi connectivity index (χ0) is 20.5. The number of aromatic nitrogens is 4. The second kappa shape index (κ2) is 7.94. The van der Waals surface area contributed by atoms with Crippen LogP contribution in [0.3, 0.4) is 0 Å². The summed E-state index contributed by atoms with van der Waals surface area (Å²) in [4.78, 5) is 15.0. The van der Waals surface area contributed by atoms with Crippen LogP contribution in [0.5, 0.6) is 0 Å². The summed E-state index contributed by atoms with van der Waals surface area (Å²) < 4.78 is 5.73. The average molecular weight is 426 g/mol. The number of para-hydroxylation sites is 1. The van der Waals surface area contributed by atoms with Crippen LogP contribution in [0.15, 0.2) is 66.0 Å². The molecule has 0 atom stereocenters. The van der Waals surface area contributed by atoms with Crippen LogP contribution in [-0.2, 0) is 19.8 Å². The first-order valence-electron chi connectivity index (χ1n) is 9.14. The predicted molar refractivity (Wildman–Crippen MR) is 119 cm³/mol. The number of halogens is 1. The molecule has 0 saturated heterocycles. The van der Waals surface area contributed by atoms with Crippen molar-refractivity contribution in [1.29, 1.82) is 0 Å². The molecule has 0 aliphatic rings. The predicted octanol–water partition coefficient (Wildman–Crippen LogP) is 4.11. The van der Waals surface area contributed by atoms with E-state index in [9.17, 15) is 4.79 Å². The average Bonchev–Trinajstić information content (AvgIpc) is 3.03. The molecule has 4 aromatic rings. The van der Waals surface area contributed by atoms with Gasteiger partial charge in [-0.2, -0.15) is 0 Å². The normalized spacial score (nSPS) is 11.6. The largest absolute Gasteiger partial charge is 0.283 e. The third kappa shape index (κ3) is 3.64. The summed E-state index contributed by atoms with van der Waals surface area (Å²) in [5.74, 6) is 0.512. The standard InChI is InChI=1S/C21H20ClN5OS/c1-3-12-25-19(28)17-6-4-5-7-18(17)27-20(25)23-26(21(27)29)14-24(2)13-15-8-10-16(22)11-9-15/h3-11H,1,12-14H2,2H3. The van der Waals surface area contributed by atoms with E-state index in [4.69, 9.17) is 23.8 Å². The van der Waals surface area contributed by atoms with Crippen molar-refractivity contribution >= 4 is 40.5 Å². The lowest BCUT2D eigenvalue weighted by Crippen LogP contribution is -2.23. The Balaban J connectivity index is 1.79. The second-order valence-corrected chi connectivity index (χ2v) is 7.72. The quantitative estimate of drug-likeness (QED) is 0.344. The SMILES string of the molecule is C=CCn1c(=O)c2ccccc2n2c(=S)n(CN(C)Cc3ccc(Cl)cc3)nc12. The summed E-state index contributed by atoms with van der Waals surface area (Å²) >= 11 is 11.7. The van der Waals surface area contributed by atoms with Gasteiger partial charge in [0.1, 0.15) is 0 Å². The molecule has 2 aromatic carbocycles. The molecule has 0 aliphatic heterocycles. The molecule has 29 heavy (non-hydrogen) atoms. The first-order chi connectivity index (χ1) is 14.0. The topological polar surface area (TPSA) is 47.5 Å². The minimum absolute atomic E-state index is 0.102. The molecular formula is C21H20ClN5OS. The van der Waals surface area contributed by atoms with Gasteiger partial charge in [0.15, 0.2) is 0 Å². The Morgan fingerprint density at radius 2 is 1.93 bits per heavy atom. The van der Waals surface area contributed by atoms with Gasteiger partial charge in [-0.15, -0.1) is 11.7 Å². The molecule has 8 heteroatoms. The van der Waals surface area contributed by atoms with E-state index in [1.165, 1.54) is 0 Å². The fourth-order valence-corrected chi connectivity index (χ4v) is 3.84. The summed E-state index contributed by atoms with van der Waals surface area (Å²) in [6.07, 6.45) is 1.69. The van der Waals surface area contributed by atoms with Crippen molar-refractivity contribution in [3.05, 3.63) is 86.9 Å². The van der Waals surface area contributed by atoms with Gasteiger partial charge in [0, 0.05) is 18.1 Å². The summed E-state index contributed by atoms with van der Waals surface area (Å²) in [6, 6.07) is 15.2. The Hall–Kier alpha value is -2.74. The van der Waals surface area contributed by atoms with E-state index in [1.807, 2.05) is 60.0 Å². The lowest BCUT2D eigenvalue weighted by Gasteiger charge is -2.16. The maximum Gasteiger partial charge on any atom is 0.263 e. The van der Waals surface area contributed by atoms with E-state index < -0.39 is 0 Å². The molecule has 2 heterocycles. The van der Waals surface area contributed by atoms with Gasteiger partial charge in [0.2, 0.25) is 10.5 Å². The molecule has 2 aromatic heterocycles. The van der Waals surface area contributed by atoms with Gasteiger partial charge in [0.05, 0.1) is 17.6 Å². The maximum absolute atomic E-state index is 12.9. The van der Waals surface area contributed by atoms with E-state index in [2.05, 4.69) is 16.6 Å². The van der Waals surface area contributed by atoms with Crippen LogP contribution in [0.4, 0.5) is 0 Å². The molecular weight excluding hydrogens is 406 g/mol. The first kappa shape index (κ1) is 19.6. The van der Waals surface area contributed by atoms with E-state index in [0.717, 1.165) is 11.1 Å².